The van der Waals surface area contributed by atoms with E-state index < -0.39 is 11.7 Å². The monoisotopic (exact) mass is 271 g/mol. The van der Waals surface area contributed by atoms with Crippen molar-refractivity contribution < 1.29 is 17.9 Å². The van der Waals surface area contributed by atoms with E-state index in [-0.39, 0.29) is 12.1 Å². The number of methoxy groups -OCH3 is 1. The minimum Gasteiger partial charge on any atom is -0.496 e. The van der Waals surface area contributed by atoms with Crippen molar-refractivity contribution in [3.05, 3.63) is 35.5 Å². The van der Waals surface area contributed by atoms with Crippen LogP contribution in [-0.2, 0) is 12.7 Å². The van der Waals surface area contributed by atoms with Crippen LogP contribution in [0.4, 0.5) is 13.2 Å². The highest BCUT2D eigenvalue weighted by molar-refractivity contribution is 5.68. The number of alkyl halides is 3. The molecule has 0 radical (unpaired) electrons. The maximum absolute atomic E-state index is 12.7. The van der Waals surface area contributed by atoms with Gasteiger partial charge in [-0.15, -0.1) is 0 Å². The summed E-state index contributed by atoms with van der Waals surface area (Å²) in [5.41, 5.74) is 5.95. The number of aromatic amines is 1. The van der Waals surface area contributed by atoms with Gasteiger partial charge in [0.15, 0.2) is 0 Å². The van der Waals surface area contributed by atoms with Crippen molar-refractivity contribution in [1.29, 1.82) is 0 Å². The molecule has 1 aromatic heterocycles. The van der Waals surface area contributed by atoms with Crippen molar-refractivity contribution in [2.45, 2.75) is 12.7 Å². The van der Waals surface area contributed by atoms with E-state index in [1.54, 1.807) is 6.07 Å². The van der Waals surface area contributed by atoms with Gasteiger partial charge in [-0.1, -0.05) is 0 Å². The highest BCUT2D eigenvalue weighted by atomic mass is 19.4. The molecular weight excluding hydrogens is 259 g/mol. The summed E-state index contributed by atoms with van der Waals surface area (Å²) in [6.45, 7) is 0.230. The van der Waals surface area contributed by atoms with E-state index in [1.807, 2.05) is 0 Å². The zero-order chi connectivity index (χ0) is 14.0. The lowest BCUT2D eigenvalue weighted by molar-refractivity contribution is -0.137. The van der Waals surface area contributed by atoms with E-state index in [4.69, 9.17) is 10.5 Å². The number of benzene rings is 1. The first-order valence-corrected chi connectivity index (χ1v) is 5.45. The number of ether oxygens (including phenoxy) is 1. The molecule has 4 nitrogen and oxygen atoms in total. The average Bonchev–Trinajstić information content (AvgIpc) is 2.85. The third-order valence-electron chi connectivity index (χ3n) is 2.65. The van der Waals surface area contributed by atoms with Crippen LogP contribution in [0, 0.1) is 0 Å². The Hall–Kier alpha value is -2.02. The van der Waals surface area contributed by atoms with Gasteiger partial charge in [-0.3, -0.25) is 5.10 Å². The third kappa shape index (κ3) is 2.70. The zero-order valence-electron chi connectivity index (χ0n) is 10.1. The summed E-state index contributed by atoms with van der Waals surface area (Å²) in [7, 11) is 1.39. The van der Waals surface area contributed by atoms with Crippen LogP contribution in [0.25, 0.3) is 11.3 Å². The number of nitrogens with one attached hydrogen (secondary N) is 1. The number of aromatic nitrogens is 2. The number of hydrogen-bond donors (Lipinski definition) is 2. The standard InChI is InChI=1S/C12H12F3N3O/c1-19-11-3-2-7(12(13,14)15)4-9(11)10-5-8(6-16)17-18-10/h2-5H,6,16H2,1H3,(H,17,18). The Bertz CT molecular complexity index is 578. The van der Waals surface area contributed by atoms with Gasteiger partial charge in [0.05, 0.1) is 18.4 Å². The largest absolute Gasteiger partial charge is 0.496 e. The van der Waals surface area contributed by atoms with Gasteiger partial charge in [-0.2, -0.15) is 18.3 Å². The second-order valence-electron chi connectivity index (χ2n) is 3.90. The van der Waals surface area contributed by atoms with Crippen molar-refractivity contribution in [3.63, 3.8) is 0 Å². The average molecular weight is 271 g/mol. The molecule has 0 bridgehead atoms. The summed E-state index contributed by atoms with van der Waals surface area (Å²) in [6.07, 6.45) is -4.41. The van der Waals surface area contributed by atoms with Crippen molar-refractivity contribution in [3.8, 4) is 17.0 Å². The fourth-order valence-electron chi connectivity index (χ4n) is 1.69. The lowest BCUT2D eigenvalue weighted by Crippen LogP contribution is -2.05. The molecule has 0 atom stereocenters. The Morgan fingerprint density at radius 1 is 1.32 bits per heavy atom. The Labute approximate surface area is 107 Å². The first kappa shape index (κ1) is 13.4. The second kappa shape index (κ2) is 4.93. The summed E-state index contributed by atoms with van der Waals surface area (Å²) in [5, 5.41) is 6.59. The van der Waals surface area contributed by atoms with Gasteiger partial charge in [0.25, 0.3) is 0 Å². The van der Waals surface area contributed by atoms with E-state index in [1.165, 1.54) is 13.2 Å². The van der Waals surface area contributed by atoms with E-state index in [9.17, 15) is 13.2 Å². The molecular formula is C12H12F3N3O. The normalized spacial score (nSPS) is 11.6. The number of halogens is 3. The summed E-state index contributed by atoms with van der Waals surface area (Å²) in [5.74, 6) is 0.322. The molecule has 1 heterocycles. The van der Waals surface area contributed by atoms with Gasteiger partial charge in [-0.25, -0.2) is 0 Å². The van der Waals surface area contributed by atoms with E-state index in [0.717, 1.165) is 12.1 Å². The van der Waals surface area contributed by atoms with Crippen LogP contribution < -0.4 is 10.5 Å². The first-order chi connectivity index (χ1) is 8.95. The number of rotatable bonds is 3. The van der Waals surface area contributed by atoms with Gasteiger partial charge in [0.2, 0.25) is 0 Å². The zero-order valence-corrected chi connectivity index (χ0v) is 10.1. The number of hydrogen-bond acceptors (Lipinski definition) is 3. The van der Waals surface area contributed by atoms with Gasteiger partial charge in [-0.05, 0) is 24.3 Å². The molecule has 2 aromatic rings. The lowest BCUT2D eigenvalue weighted by Gasteiger charge is -2.11. The summed E-state index contributed by atoms with van der Waals surface area (Å²) >= 11 is 0. The van der Waals surface area contributed by atoms with Crippen LogP contribution in [0.1, 0.15) is 11.3 Å². The second-order valence-corrected chi connectivity index (χ2v) is 3.90. The Morgan fingerprint density at radius 3 is 2.58 bits per heavy atom. The quantitative estimate of drug-likeness (QED) is 0.901. The van der Waals surface area contributed by atoms with Crippen LogP contribution in [0.5, 0.6) is 5.75 Å². The number of nitrogens with two attached hydrogens (primary N) is 1. The van der Waals surface area contributed by atoms with Crippen molar-refractivity contribution in [1.82, 2.24) is 10.2 Å². The minimum atomic E-state index is -4.41. The molecule has 102 valence electrons. The highest BCUT2D eigenvalue weighted by Crippen LogP contribution is 2.36. The maximum atomic E-state index is 12.7. The topological polar surface area (TPSA) is 63.9 Å². The molecule has 0 spiro atoms. The number of nitrogens with zero attached hydrogens (tertiary/aromatic N) is 1. The molecule has 2 rings (SSSR count). The minimum absolute atomic E-state index is 0.230. The number of H-pyrrole nitrogens is 1. The molecule has 0 aliphatic heterocycles. The fraction of sp³-hybridized carbons (Fsp3) is 0.250. The van der Waals surface area contributed by atoms with Gasteiger partial charge < -0.3 is 10.5 Å². The molecule has 0 saturated carbocycles. The lowest BCUT2D eigenvalue weighted by atomic mass is 10.1. The Balaban J connectivity index is 2.53. The van der Waals surface area contributed by atoms with Gasteiger partial charge >= 0.3 is 6.18 Å². The molecule has 1 aromatic carbocycles. The smallest absolute Gasteiger partial charge is 0.416 e. The molecule has 0 unspecified atom stereocenters. The molecule has 0 amide bonds. The molecule has 7 heteroatoms. The molecule has 0 fully saturated rings. The van der Waals surface area contributed by atoms with Crippen LogP contribution in [0.3, 0.4) is 0 Å². The van der Waals surface area contributed by atoms with Crippen LogP contribution in [-0.4, -0.2) is 17.3 Å². The molecule has 19 heavy (non-hydrogen) atoms. The summed E-state index contributed by atoms with van der Waals surface area (Å²) < 4.78 is 43.2. The molecule has 3 N–H and O–H groups in total. The van der Waals surface area contributed by atoms with Crippen molar-refractivity contribution >= 4 is 0 Å². The van der Waals surface area contributed by atoms with Gasteiger partial charge in [0.1, 0.15) is 5.75 Å². The molecule has 0 aliphatic carbocycles. The van der Waals surface area contributed by atoms with Crippen LogP contribution in [0.15, 0.2) is 24.3 Å². The third-order valence-corrected chi connectivity index (χ3v) is 2.65. The summed E-state index contributed by atoms with van der Waals surface area (Å²) in [6, 6.07) is 4.85. The van der Waals surface area contributed by atoms with Crippen molar-refractivity contribution in [2.75, 3.05) is 7.11 Å². The summed E-state index contributed by atoms with van der Waals surface area (Å²) in [4.78, 5) is 0. The molecule has 0 aliphatic rings. The first-order valence-electron chi connectivity index (χ1n) is 5.45. The van der Waals surface area contributed by atoms with E-state index >= 15 is 0 Å². The van der Waals surface area contributed by atoms with Gasteiger partial charge in [0, 0.05) is 17.8 Å². The SMILES string of the molecule is COc1ccc(C(F)(F)F)cc1-c1cc(CN)[nH]n1. The predicted molar refractivity (Wildman–Crippen MR) is 63.5 cm³/mol. The predicted octanol–water partition coefficient (Wildman–Crippen LogP) is 2.56. The van der Waals surface area contributed by atoms with E-state index in [2.05, 4.69) is 10.2 Å². The Kier molecular flexibility index (Phi) is 3.48. The highest BCUT2D eigenvalue weighted by Gasteiger charge is 2.31. The Morgan fingerprint density at radius 2 is 2.05 bits per heavy atom. The molecule has 0 saturated heterocycles. The van der Waals surface area contributed by atoms with E-state index in [0.29, 0.717) is 17.1 Å². The van der Waals surface area contributed by atoms with Crippen LogP contribution in [0.2, 0.25) is 0 Å². The van der Waals surface area contributed by atoms with Crippen molar-refractivity contribution in [2.24, 2.45) is 5.73 Å². The van der Waals surface area contributed by atoms with Crippen LogP contribution >= 0.6 is 0 Å². The maximum Gasteiger partial charge on any atom is 0.416 e. The fourth-order valence-corrected chi connectivity index (χ4v) is 1.69.